The highest BCUT2D eigenvalue weighted by atomic mass is 16.3. The molecule has 5 rings (SSSR count). The number of allylic oxidation sites excluding steroid dienone is 1. The van der Waals surface area contributed by atoms with Gasteiger partial charge in [0.1, 0.15) is 11.5 Å². The van der Waals surface area contributed by atoms with Gasteiger partial charge in [-0.05, 0) is 85.3 Å². The highest BCUT2D eigenvalue weighted by Gasteiger charge is 2.61. The molecule has 2 saturated carbocycles. The minimum absolute atomic E-state index is 0.214. The maximum Gasteiger partial charge on any atom is 0.115 e. The molecule has 2 aromatic rings. The van der Waals surface area contributed by atoms with E-state index in [1.54, 1.807) is 24.3 Å². The maximum atomic E-state index is 11.5. The van der Waals surface area contributed by atoms with Crippen LogP contribution >= 0.6 is 0 Å². The van der Waals surface area contributed by atoms with Crippen molar-refractivity contribution in [1.82, 2.24) is 0 Å². The van der Waals surface area contributed by atoms with Crippen LogP contribution in [0.3, 0.4) is 0 Å². The maximum absolute atomic E-state index is 11.5. The molecule has 2 fully saturated rings. The largest absolute Gasteiger partial charge is 0.508 e. The molecule has 0 saturated heterocycles. The number of phenols is 2. The topological polar surface area (TPSA) is 80.9 Å². The van der Waals surface area contributed by atoms with Crippen LogP contribution in [0.1, 0.15) is 36.8 Å². The SMILES string of the molecule is Oc1ccc(CC(O)C2(C(O)Cc3ccc(O)cc3)C=C3CC2C2CCCC32)cc1. The van der Waals surface area contributed by atoms with Gasteiger partial charge < -0.3 is 20.4 Å². The summed E-state index contributed by atoms with van der Waals surface area (Å²) in [7, 11) is 0. The van der Waals surface area contributed by atoms with Crippen molar-refractivity contribution >= 4 is 0 Å². The van der Waals surface area contributed by atoms with Crippen molar-refractivity contribution < 1.29 is 20.4 Å². The second-order valence-corrected chi connectivity index (χ2v) is 9.50. The lowest BCUT2D eigenvalue weighted by molar-refractivity contribution is -0.0825. The third-order valence-corrected chi connectivity index (χ3v) is 7.98. The van der Waals surface area contributed by atoms with Gasteiger partial charge in [-0.3, -0.25) is 0 Å². The van der Waals surface area contributed by atoms with Crippen LogP contribution < -0.4 is 0 Å². The van der Waals surface area contributed by atoms with Gasteiger partial charge >= 0.3 is 0 Å². The normalized spacial score (nSPS) is 31.4. The van der Waals surface area contributed by atoms with E-state index < -0.39 is 17.6 Å². The Morgan fingerprint density at radius 1 is 0.800 bits per heavy atom. The van der Waals surface area contributed by atoms with Gasteiger partial charge in [-0.2, -0.15) is 0 Å². The van der Waals surface area contributed by atoms with Gasteiger partial charge in [0.2, 0.25) is 0 Å². The smallest absolute Gasteiger partial charge is 0.115 e. The van der Waals surface area contributed by atoms with Gasteiger partial charge in [0.05, 0.1) is 12.2 Å². The zero-order valence-electron chi connectivity index (χ0n) is 17.1. The standard InChI is InChI=1S/C26H30O4/c27-19-8-4-16(5-9-19)12-24(29)26(25(30)13-17-6-10-20(28)11-7-17)15-18-14-23(26)22-3-1-2-21(18)22/h4-11,15,21-25,27-30H,1-3,12-14H2. The quantitative estimate of drug-likeness (QED) is 0.547. The zero-order valence-corrected chi connectivity index (χ0v) is 17.1. The summed E-state index contributed by atoms with van der Waals surface area (Å²) in [5.74, 6) is 1.91. The minimum Gasteiger partial charge on any atom is -0.508 e. The molecular formula is C26H30O4. The van der Waals surface area contributed by atoms with Crippen LogP contribution in [-0.2, 0) is 12.8 Å². The van der Waals surface area contributed by atoms with Gasteiger partial charge in [0.25, 0.3) is 0 Å². The lowest BCUT2D eigenvalue weighted by atomic mass is 9.61. The summed E-state index contributed by atoms with van der Waals surface area (Å²) in [6, 6.07) is 14.0. The number of hydrogen-bond donors (Lipinski definition) is 4. The third-order valence-electron chi connectivity index (χ3n) is 7.98. The predicted octanol–water partition coefficient (Wildman–Crippen LogP) is 3.97. The number of aliphatic hydroxyl groups excluding tert-OH is 2. The van der Waals surface area contributed by atoms with E-state index in [1.165, 1.54) is 24.8 Å². The van der Waals surface area contributed by atoms with Crippen molar-refractivity contribution in [3.63, 3.8) is 0 Å². The first-order valence-electron chi connectivity index (χ1n) is 11.1. The average Bonchev–Trinajstić information content (AvgIpc) is 3.43. The summed E-state index contributed by atoms with van der Waals surface area (Å²) in [6.45, 7) is 0. The molecule has 30 heavy (non-hydrogen) atoms. The van der Waals surface area contributed by atoms with Gasteiger partial charge in [0.15, 0.2) is 0 Å². The molecule has 0 amide bonds. The molecule has 0 aromatic heterocycles. The Morgan fingerprint density at radius 3 is 1.87 bits per heavy atom. The number of phenolic OH excluding ortho intramolecular Hbond substituents is 2. The van der Waals surface area contributed by atoms with E-state index in [0.29, 0.717) is 24.7 Å². The number of fused-ring (bicyclic) bond motifs is 5. The number of hydrogen-bond acceptors (Lipinski definition) is 4. The fraction of sp³-hybridized carbons (Fsp3) is 0.462. The van der Waals surface area contributed by atoms with Crippen LogP contribution in [0, 0.1) is 23.2 Å². The highest BCUT2D eigenvalue weighted by Crippen LogP contribution is 2.64. The van der Waals surface area contributed by atoms with Crippen molar-refractivity contribution in [3.8, 4) is 11.5 Å². The Balaban J connectivity index is 1.47. The first-order chi connectivity index (χ1) is 14.5. The number of aromatic hydroxyl groups is 2. The van der Waals surface area contributed by atoms with Crippen LogP contribution in [0.15, 0.2) is 60.2 Å². The molecule has 5 atom stereocenters. The van der Waals surface area contributed by atoms with Crippen molar-refractivity contribution in [1.29, 1.82) is 0 Å². The Bertz CT molecular complexity index is 877. The van der Waals surface area contributed by atoms with E-state index in [0.717, 1.165) is 17.5 Å². The second kappa shape index (κ2) is 7.44. The van der Waals surface area contributed by atoms with Crippen molar-refractivity contribution in [3.05, 3.63) is 71.3 Å². The summed E-state index contributed by atoms with van der Waals surface area (Å²) in [6.07, 6.45) is 6.40. The Morgan fingerprint density at radius 2 is 1.33 bits per heavy atom. The molecule has 2 bridgehead atoms. The molecule has 0 heterocycles. The third kappa shape index (κ3) is 3.14. The van der Waals surface area contributed by atoms with Gasteiger partial charge in [-0.25, -0.2) is 0 Å². The van der Waals surface area contributed by atoms with E-state index in [9.17, 15) is 20.4 Å². The Labute approximate surface area is 177 Å². The van der Waals surface area contributed by atoms with Crippen LogP contribution in [0.5, 0.6) is 11.5 Å². The minimum atomic E-state index is -0.696. The number of aliphatic hydroxyl groups is 2. The summed E-state index contributed by atoms with van der Waals surface area (Å²) in [5.41, 5.74) is 2.70. The van der Waals surface area contributed by atoms with Gasteiger partial charge in [0, 0.05) is 5.41 Å². The van der Waals surface area contributed by atoms with E-state index >= 15 is 0 Å². The highest BCUT2D eigenvalue weighted by molar-refractivity contribution is 5.36. The number of benzene rings is 2. The van der Waals surface area contributed by atoms with Crippen LogP contribution in [0.25, 0.3) is 0 Å². The molecule has 3 aliphatic rings. The predicted molar refractivity (Wildman–Crippen MR) is 115 cm³/mol. The molecule has 2 aromatic carbocycles. The molecule has 4 N–H and O–H groups in total. The summed E-state index contributed by atoms with van der Waals surface area (Å²) in [5, 5.41) is 42.3. The van der Waals surface area contributed by atoms with E-state index in [1.807, 2.05) is 24.3 Å². The van der Waals surface area contributed by atoms with E-state index in [4.69, 9.17) is 0 Å². The summed E-state index contributed by atoms with van der Waals surface area (Å²) < 4.78 is 0. The first-order valence-corrected chi connectivity index (χ1v) is 11.1. The fourth-order valence-electron chi connectivity index (χ4n) is 6.60. The molecule has 0 aliphatic heterocycles. The Kier molecular flexibility index (Phi) is 4.87. The van der Waals surface area contributed by atoms with Crippen LogP contribution in [0.2, 0.25) is 0 Å². The van der Waals surface area contributed by atoms with E-state index in [2.05, 4.69) is 6.08 Å². The number of rotatable bonds is 6. The molecule has 4 heteroatoms. The molecule has 0 spiro atoms. The van der Waals surface area contributed by atoms with E-state index in [-0.39, 0.29) is 17.4 Å². The molecule has 4 nitrogen and oxygen atoms in total. The summed E-state index contributed by atoms with van der Waals surface area (Å²) in [4.78, 5) is 0. The lowest BCUT2D eigenvalue weighted by Gasteiger charge is -2.46. The van der Waals surface area contributed by atoms with Crippen LogP contribution in [-0.4, -0.2) is 32.6 Å². The average molecular weight is 407 g/mol. The molecule has 0 radical (unpaired) electrons. The molecule has 3 aliphatic carbocycles. The molecule has 5 unspecified atom stereocenters. The van der Waals surface area contributed by atoms with Gasteiger partial charge in [-0.1, -0.05) is 42.3 Å². The monoisotopic (exact) mass is 406 g/mol. The first kappa shape index (κ1) is 19.7. The fourth-order valence-corrected chi connectivity index (χ4v) is 6.60. The van der Waals surface area contributed by atoms with Crippen LogP contribution in [0.4, 0.5) is 0 Å². The Hall–Kier alpha value is -2.30. The van der Waals surface area contributed by atoms with Crippen molar-refractivity contribution in [2.45, 2.75) is 50.7 Å². The zero-order chi connectivity index (χ0) is 20.9. The summed E-state index contributed by atoms with van der Waals surface area (Å²) >= 11 is 0. The van der Waals surface area contributed by atoms with Crippen molar-refractivity contribution in [2.75, 3.05) is 0 Å². The molecular weight excluding hydrogens is 376 g/mol. The van der Waals surface area contributed by atoms with Crippen molar-refractivity contribution in [2.24, 2.45) is 23.2 Å². The van der Waals surface area contributed by atoms with Gasteiger partial charge in [-0.15, -0.1) is 0 Å². The lowest BCUT2D eigenvalue weighted by Crippen LogP contribution is -2.52. The second-order valence-electron chi connectivity index (χ2n) is 9.50. The molecule has 158 valence electrons.